The molecule has 4 aromatic rings. The molecule has 0 heterocycles. The predicted molar refractivity (Wildman–Crippen MR) is 179 cm³/mol. The molecule has 0 radical (unpaired) electrons. The molecule has 0 saturated heterocycles. The normalized spacial score (nSPS) is 14.0. The van der Waals surface area contributed by atoms with Gasteiger partial charge in [0.1, 0.15) is 0 Å². The predicted octanol–water partition coefficient (Wildman–Crippen LogP) is 8.08. The summed E-state index contributed by atoms with van der Waals surface area (Å²) in [5.74, 6) is 0. The fourth-order valence-corrected chi connectivity index (χ4v) is 8.53. The van der Waals surface area contributed by atoms with E-state index in [2.05, 4.69) is 41.5 Å². The van der Waals surface area contributed by atoms with Crippen molar-refractivity contribution in [3.8, 4) is 0 Å². The second-order valence-corrected chi connectivity index (χ2v) is 12.3. The van der Waals surface area contributed by atoms with Crippen LogP contribution in [0.1, 0.15) is 108 Å². The van der Waals surface area contributed by atoms with E-state index in [0.717, 1.165) is 19.3 Å². The van der Waals surface area contributed by atoms with Crippen LogP contribution in [0.15, 0.2) is 0 Å². The molecule has 6 heteroatoms. The minimum atomic E-state index is 0.604. The van der Waals surface area contributed by atoms with Gasteiger partial charge in [-0.05, 0) is 160 Å². The molecule has 0 aliphatic heterocycles. The lowest BCUT2D eigenvalue weighted by molar-refractivity contribution is 0.118. The molecule has 0 amide bonds. The standard InChI is InChI=1S/C39H48O6/c1-7-40-16-28-22-13-24-30(18-42-9-3)32(20-44-11-5)26-15-27-33(21-45-12-6)31(19-43-10-4)25-14-23(29(28)17-41-8-2)35-34(22)36(24)38(26)39(27)37(25)35/h7-21H2,1-6H3. The third-order valence-electron chi connectivity index (χ3n) is 10.4. The summed E-state index contributed by atoms with van der Waals surface area (Å²) in [6, 6.07) is 0. The van der Waals surface area contributed by atoms with Crippen LogP contribution in [-0.4, -0.2) is 39.6 Å². The van der Waals surface area contributed by atoms with Gasteiger partial charge in [0.25, 0.3) is 0 Å². The lowest BCUT2D eigenvalue weighted by Gasteiger charge is -2.19. The van der Waals surface area contributed by atoms with E-state index >= 15 is 0 Å². The Balaban J connectivity index is 1.65. The van der Waals surface area contributed by atoms with Crippen molar-refractivity contribution in [2.75, 3.05) is 39.6 Å². The average Bonchev–Trinajstić information content (AvgIpc) is 3.75. The molecule has 0 atom stereocenters. The Bertz CT molecular complexity index is 1440. The summed E-state index contributed by atoms with van der Waals surface area (Å²) in [6.07, 6.45) is 2.68. The zero-order chi connectivity index (χ0) is 31.2. The Morgan fingerprint density at radius 2 is 0.444 bits per heavy atom. The van der Waals surface area contributed by atoms with Gasteiger partial charge in [-0.2, -0.15) is 0 Å². The van der Waals surface area contributed by atoms with Gasteiger partial charge in [-0.15, -0.1) is 0 Å². The molecule has 0 N–H and O–H groups in total. The van der Waals surface area contributed by atoms with Crippen molar-refractivity contribution in [3.05, 3.63) is 66.8 Å². The van der Waals surface area contributed by atoms with E-state index < -0.39 is 0 Å². The maximum atomic E-state index is 6.22. The second kappa shape index (κ2) is 12.9. The van der Waals surface area contributed by atoms with Crippen LogP contribution in [-0.2, 0) is 87.3 Å². The van der Waals surface area contributed by atoms with Gasteiger partial charge in [-0.3, -0.25) is 0 Å². The number of benzene rings is 4. The lowest BCUT2D eigenvalue weighted by Crippen LogP contribution is -2.09. The van der Waals surface area contributed by atoms with E-state index in [1.165, 1.54) is 99.1 Å². The van der Waals surface area contributed by atoms with Crippen LogP contribution in [0.5, 0.6) is 0 Å². The van der Waals surface area contributed by atoms with Crippen LogP contribution in [0.2, 0.25) is 0 Å². The Morgan fingerprint density at radius 1 is 0.289 bits per heavy atom. The maximum Gasteiger partial charge on any atom is 0.0723 e. The lowest BCUT2D eigenvalue weighted by atomic mass is 9.87. The topological polar surface area (TPSA) is 55.4 Å². The van der Waals surface area contributed by atoms with Gasteiger partial charge in [0.15, 0.2) is 0 Å². The molecular formula is C39H48O6. The van der Waals surface area contributed by atoms with Crippen LogP contribution in [0.3, 0.4) is 0 Å². The number of ether oxygens (including phenoxy) is 6. The molecule has 6 nitrogen and oxygen atoms in total. The van der Waals surface area contributed by atoms with E-state index in [9.17, 15) is 0 Å². The summed E-state index contributed by atoms with van der Waals surface area (Å²) in [6.45, 7) is 20.3. The first-order valence-corrected chi connectivity index (χ1v) is 17.2. The van der Waals surface area contributed by atoms with Crippen LogP contribution < -0.4 is 0 Å². The minimum Gasteiger partial charge on any atom is -0.377 e. The zero-order valence-electron chi connectivity index (χ0n) is 28.1. The highest BCUT2D eigenvalue weighted by molar-refractivity contribution is 6.34. The van der Waals surface area contributed by atoms with E-state index in [1.54, 1.807) is 0 Å². The van der Waals surface area contributed by atoms with Crippen LogP contribution in [0.4, 0.5) is 0 Å². The van der Waals surface area contributed by atoms with E-state index in [-0.39, 0.29) is 0 Å². The molecule has 7 rings (SSSR count). The van der Waals surface area contributed by atoms with Crippen molar-refractivity contribution in [1.82, 2.24) is 0 Å². The monoisotopic (exact) mass is 612 g/mol. The van der Waals surface area contributed by atoms with Crippen LogP contribution >= 0.6 is 0 Å². The average molecular weight is 613 g/mol. The van der Waals surface area contributed by atoms with Crippen LogP contribution in [0.25, 0.3) is 32.3 Å². The summed E-state index contributed by atoms with van der Waals surface area (Å²) in [5.41, 5.74) is 16.5. The zero-order valence-corrected chi connectivity index (χ0v) is 28.1. The van der Waals surface area contributed by atoms with Crippen molar-refractivity contribution in [2.45, 2.75) is 100 Å². The van der Waals surface area contributed by atoms with Crippen molar-refractivity contribution in [3.63, 3.8) is 0 Å². The summed E-state index contributed by atoms with van der Waals surface area (Å²) in [4.78, 5) is 0. The molecular weight excluding hydrogens is 564 g/mol. The summed E-state index contributed by atoms with van der Waals surface area (Å²) in [7, 11) is 0. The van der Waals surface area contributed by atoms with E-state index in [0.29, 0.717) is 79.3 Å². The van der Waals surface area contributed by atoms with Crippen molar-refractivity contribution >= 4 is 32.3 Å². The molecule has 0 saturated carbocycles. The second-order valence-electron chi connectivity index (χ2n) is 12.3. The molecule has 0 unspecified atom stereocenters. The largest absolute Gasteiger partial charge is 0.377 e. The molecule has 45 heavy (non-hydrogen) atoms. The molecule has 240 valence electrons. The van der Waals surface area contributed by atoms with E-state index in [4.69, 9.17) is 28.4 Å². The fourth-order valence-electron chi connectivity index (χ4n) is 8.53. The highest BCUT2D eigenvalue weighted by Crippen LogP contribution is 2.58. The highest BCUT2D eigenvalue weighted by atomic mass is 16.5. The molecule has 0 bridgehead atoms. The first-order valence-electron chi connectivity index (χ1n) is 17.2. The Kier molecular flexibility index (Phi) is 8.90. The number of hydrogen-bond donors (Lipinski definition) is 0. The van der Waals surface area contributed by atoms with Crippen LogP contribution in [0, 0.1) is 0 Å². The minimum absolute atomic E-state index is 0.604. The number of rotatable bonds is 18. The SMILES string of the molecule is CCOCc1c(COCC)c2c3c4c1Cc1c(COCC)c(COCC)c5c(c14)c1c(c(COCC)c(COCC)c(c31)C2)C5. The first-order chi connectivity index (χ1) is 22.1. The number of hydrogen-bond acceptors (Lipinski definition) is 6. The van der Waals surface area contributed by atoms with Crippen molar-refractivity contribution in [2.24, 2.45) is 0 Å². The van der Waals surface area contributed by atoms with E-state index in [1.807, 2.05) is 0 Å². The van der Waals surface area contributed by atoms with Gasteiger partial charge in [0.05, 0.1) is 39.6 Å². The summed E-state index contributed by atoms with van der Waals surface area (Å²) >= 11 is 0. The molecule has 4 aromatic carbocycles. The molecule has 0 spiro atoms. The van der Waals surface area contributed by atoms with Gasteiger partial charge in [0, 0.05) is 39.6 Å². The Morgan fingerprint density at radius 3 is 0.578 bits per heavy atom. The van der Waals surface area contributed by atoms with Crippen molar-refractivity contribution < 1.29 is 28.4 Å². The summed E-state index contributed by atoms with van der Waals surface area (Å²) in [5, 5.41) is 8.70. The molecule has 0 fully saturated rings. The molecule has 3 aliphatic rings. The smallest absolute Gasteiger partial charge is 0.0723 e. The maximum absolute atomic E-state index is 6.22. The van der Waals surface area contributed by atoms with Crippen molar-refractivity contribution in [1.29, 1.82) is 0 Å². The highest BCUT2D eigenvalue weighted by Gasteiger charge is 2.39. The van der Waals surface area contributed by atoms with Gasteiger partial charge >= 0.3 is 0 Å². The quantitative estimate of drug-likeness (QED) is 0.0914. The van der Waals surface area contributed by atoms with Gasteiger partial charge in [0.2, 0.25) is 0 Å². The molecule has 3 aliphatic carbocycles. The summed E-state index contributed by atoms with van der Waals surface area (Å²) < 4.78 is 37.3. The Labute approximate surface area is 267 Å². The van der Waals surface area contributed by atoms with Gasteiger partial charge in [-0.25, -0.2) is 0 Å². The molecule has 0 aromatic heterocycles. The van der Waals surface area contributed by atoms with Gasteiger partial charge in [-0.1, -0.05) is 0 Å². The first kappa shape index (κ1) is 31.0. The Hall–Kier alpha value is -2.58. The van der Waals surface area contributed by atoms with Gasteiger partial charge < -0.3 is 28.4 Å². The third-order valence-corrected chi connectivity index (χ3v) is 10.4. The third kappa shape index (κ3) is 4.67. The fraction of sp³-hybridized carbons (Fsp3) is 0.538.